The lowest BCUT2D eigenvalue weighted by atomic mass is 10.1. The lowest BCUT2D eigenvalue weighted by Crippen LogP contribution is -2.35. The second-order valence-electron chi connectivity index (χ2n) is 4.33. The fraction of sp³-hybridized carbons (Fsp3) is 0.400. The van der Waals surface area contributed by atoms with Gasteiger partial charge in [0.25, 0.3) is 0 Å². The molecule has 104 valence electrons. The minimum Gasteiger partial charge on any atom is -0.324 e. The molecule has 0 bridgehead atoms. The highest BCUT2D eigenvalue weighted by atomic mass is 32.2. The summed E-state index contributed by atoms with van der Waals surface area (Å²) >= 11 is 1.65. The number of nitrogens with one attached hydrogen (secondary N) is 1. The molecule has 1 unspecified atom stereocenters. The van der Waals surface area contributed by atoms with Gasteiger partial charge in [0.2, 0.25) is 5.91 Å². The molecular formula is C15H22N2OS. The molecule has 0 fully saturated rings. The molecule has 0 radical (unpaired) electrons. The monoisotopic (exact) mass is 278 g/mol. The van der Waals surface area contributed by atoms with Crippen LogP contribution in [0.3, 0.4) is 0 Å². The zero-order valence-electron chi connectivity index (χ0n) is 11.4. The summed E-state index contributed by atoms with van der Waals surface area (Å²) < 4.78 is 0. The van der Waals surface area contributed by atoms with Crippen LogP contribution in [-0.4, -0.2) is 17.7 Å². The van der Waals surface area contributed by atoms with Gasteiger partial charge in [0.1, 0.15) is 0 Å². The number of nitrogens with two attached hydrogens (primary N) is 1. The molecule has 1 atom stereocenters. The molecule has 0 saturated carbocycles. The molecule has 3 N–H and O–H groups in total. The van der Waals surface area contributed by atoms with Crippen molar-refractivity contribution in [2.75, 3.05) is 11.1 Å². The molecule has 1 rings (SSSR count). The maximum atomic E-state index is 12.0. The standard InChI is InChI=1S/C15H22N2OS/c1-3-5-8-12(16)15(18)17-13-9-6-7-10-14(13)19-11-4-2/h4,6-7,9-10,12H,2-3,5,8,11,16H2,1H3,(H,17,18). The zero-order chi connectivity index (χ0) is 14.1. The van der Waals surface area contributed by atoms with Gasteiger partial charge in [0.15, 0.2) is 0 Å². The Balaban J connectivity index is 2.64. The van der Waals surface area contributed by atoms with Gasteiger partial charge in [0.05, 0.1) is 11.7 Å². The average molecular weight is 278 g/mol. The van der Waals surface area contributed by atoms with Gasteiger partial charge < -0.3 is 11.1 Å². The van der Waals surface area contributed by atoms with Crippen LogP contribution in [0.5, 0.6) is 0 Å². The van der Waals surface area contributed by atoms with Gasteiger partial charge in [-0.05, 0) is 18.6 Å². The third kappa shape index (κ3) is 5.49. The third-order valence-corrected chi connectivity index (χ3v) is 3.78. The van der Waals surface area contributed by atoms with Crippen molar-refractivity contribution in [2.24, 2.45) is 5.73 Å². The van der Waals surface area contributed by atoms with E-state index >= 15 is 0 Å². The Bertz CT molecular complexity index is 420. The van der Waals surface area contributed by atoms with Crippen molar-refractivity contribution in [1.82, 2.24) is 0 Å². The number of hydrogen-bond donors (Lipinski definition) is 2. The van der Waals surface area contributed by atoms with Gasteiger partial charge >= 0.3 is 0 Å². The van der Waals surface area contributed by atoms with Gasteiger partial charge in [-0.25, -0.2) is 0 Å². The van der Waals surface area contributed by atoms with Crippen molar-refractivity contribution in [3.8, 4) is 0 Å². The fourth-order valence-electron chi connectivity index (χ4n) is 1.63. The van der Waals surface area contributed by atoms with Crippen LogP contribution >= 0.6 is 11.8 Å². The van der Waals surface area contributed by atoms with E-state index in [1.807, 2.05) is 30.3 Å². The van der Waals surface area contributed by atoms with Gasteiger partial charge in [-0.3, -0.25) is 4.79 Å². The predicted octanol–water partition coefficient (Wildman–Crippen LogP) is 3.42. The van der Waals surface area contributed by atoms with Gasteiger partial charge in [-0.15, -0.1) is 18.3 Å². The van der Waals surface area contributed by atoms with Gasteiger partial charge in [-0.2, -0.15) is 0 Å². The number of benzene rings is 1. The molecule has 0 aliphatic heterocycles. The topological polar surface area (TPSA) is 55.1 Å². The quantitative estimate of drug-likeness (QED) is 0.566. The number of carbonyl (C=O) groups is 1. The Kier molecular flexibility index (Phi) is 7.30. The normalized spacial score (nSPS) is 11.9. The van der Waals surface area contributed by atoms with Crippen molar-refractivity contribution in [1.29, 1.82) is 0 Å². The summed E-state index contributed by atoms with van der Waals surface area (Å²) in [7, 11) is 0. The van der Waals surface area contributed by atoms with Crippen molar-refractivity contribution in [3.05, 3.63) is 36.9 Å². The van der Waals surface area contributed by atoms with Crippen LogP contribution in [0.2, 0.25) is 0 Å². The van der Waals surface area contributed by atoms with Crippen LogP contribution < -0.4 is 11.1 Å². The zero-order valence-corrected chi connectivity index (χ0v) is 12.2. The molecule has 0 heterocycles. The Labute approximate surface area is 119 Å². The lowest BCUT2D eigenvalue weighted by molar-refractivity contribution is -0.117. The minimum absolute atomic E-state index is 0.111. The molecular weight excluding hydrogens is 256 g/mol. The molecule has 0 spiro atoms. The van der Waals surface area contributed by atoms with Crippen molar-refractivity contribution >= 4 is 23.4 Å². The fourth-order valence-corrected chi connectivity index (χ4v) is 2.37. The Morgan fingerprint density at radius 2 is 2.26 bits per heavy atom. The highest BCUT2D eigenvalue weighted by Crippen LogP contribution is 2.27. The molecule has 0 aliphatic carbocycles. The van der Waals surface area contributed by atoms with E-state index in [1.54, 1.807) is 11.8 Å². The maximum absolute atomic E-state index is 12.0. The van der Waals surface area contributed by atoms with Crippen LogP contribution in [0.1, 0.15) is 26.2 Å². The number of anilines is 1. The van der Waals surface area contributed by atoms with E-state index < -0.39 is 6.04 Å². The number of thioether (sulfide) groups is 1. The van der Waals surface area contributed by atoms with Crippen molar-refractivity contribution < 1.29 is 4.79 Å². The second kappa shape index (κ2) is 8.77. The Hall–Kier alpha value is -1.26. The summed E-state index contributed by atoms with van der Waals surface area (Å²) in [6.07, 6.45) is 4.59. The summed E-state index contributed by atoms with van der Waals surface area (Å²) in [5.41, 5.74) is 6.69. The molecule has 1 aromatic carbocycles. The molecule has 0 aliphatic rings. The predicted molar refractivity (Wildman–Crippen MR) is 83.5 cm³/mol. The number of amides is 1. The smallest absolute Gasteiger partial charge is 0.241 e. The Morgan fingerprint density at radius 3 is 2.95 bits per heavy atom. The summed E-state index contributed by atoms with van der Waals surface area (Å²) in [5.74, 6) is 0.703. The molecule has 1 amide bonds. The lowest BCUT2D eigenvalue weighted by Gasteiger charge is -2.14. The molecule has 19 heavy (non-hydrogen) atoms. The first kappa shape index (κ1) is 15.8. The van der Waals surface area contributed by atoms with Crippen molar-refractivity contribution in [3.63, 3.8) is 0 Å². The number of rotatable bonds is 8. The van der Waals surface area contributed by atoms with Crippen LogP contribution in [-0.2, 0) is 4.79 Å². The van der Waals surface area contributed by atoms with Crippen LogP contribution in [0, 0.1) is 0 Å². The van der Waals surface area contributed by atoms with Crippen LogP contribution in [0.15, 0.2) is 41.8 Å². The maximum Gasteiger partial charge on any atom is 0.241 e. The number of hydrogen-bond acceptors (Lipinski definition) is 3. The van der Waals surface area contributed by atoms with E-state index in [0.29, 0.717) is 0 Å². The number of para-hydroxylation sites is 1. The van der Waals surface area contributed by atoms with E-state index in [1.165, 1.54) is 0 Å². The number of carbonyl (C=O) groups excluding carboxylic acids is 1. The SMILES string of the molecule is C=CCSc1ccccc1NC(=O)C(N)CCCC. The van der Waals surface area contributed by atoms with Gasteiger partial charge in [-0.1, -0.05) is 38.0 Å². The first-order chi connectivity index (χ1) is 9.19. The molecule has 0 aromatic heterocycles. The summed E-state index contributed by atoms with van der Waals surface area (Å²) in [4.78, 5) is 13.0. The minimum atomic E-state index is -0.433. The average Bonchev–Trinajstić information content (AvgIpc) is 2.43. The largest absolute Gasteiger partial charge is 0.324 e. The highest BCUT2D eigenvalue weighted by Gasteiger charge is 2.14. The van der Waals surface area contributed by atoms with E-state index in [4.69, 9.17) is 5.73 Å². The molecule has 1 aromatic rings. The van der Waals surface area contributed by atoms with E-state index in [9.17, 15) is 4.79 Å². The van der Waals surface area contributed by atoms with E-state index in [2.05, 4.69) is 18.8 Å². The second-order valence-corrected chi connectivity index (χ2v) is 5.40. The van der Waals surface area contributed by atoms with E-state index in [-0.39, 0.29) is 5.91 Å². The summed E-state index contributed by atoms with van der Waals surface area (Å²) in [6, 6.07) is 7.32. The molecule has 0 saturated heterocycles. The Morgan fingerprint density at radius 1 is 1.53 bits per heavy atom. The van der Waals surface area contributed by atoms with Crippen LogP contribution in [0.4, 0.5) is 5.69 Å². The van der Waals surface area contributed by atoms with Gasteiger partial charge in [0, 0.05) is 10.6 Å². The molecule has 3 nitrogen and oxygen atoms in total. The third-order valence-electron chi connectivity index (χ3n) is 2.71. The first-order valence-corrected chi connectivity index (χ1v) is 7.56. The van der Waals surface area contributed by atoms with E-state index in [0.717, 1.165) is 35.6 Å². The van der Waals surface area contributed by atoms with Crippen molar-refractivity contribution in [2.45, 2.75) is 37.1 Å². The summed E-state index contributed by atoms with van der Waals surface area (Å²) in [6.45, 7) is 5.79. The number of unbranched alkanes of at least 4 members (excludes halogenated alkanes) is 1. The van der Waals surface area contributed by atoms with Crippen LogP contribution in [0.25, 0.3) is 0 Å². The highest BCUT2D eigenvalue weighted by molar-refractivity contribution is 7.99. The summed E-state index contributed by atoms with van der Waals surface area (Å²) in [5, 5.41) is 2.91. The molecule has 4 heteroatoms. The first-order valence-electron chi connectivity index (χ1n) is 6.58.